The van der Waals surface area contributed by atoms with Crippen LogP contribution in [0.1, 0.15) is 19.8 Å². The Morgan fingerprint density at radius 1 is 1.03 bits per heavy atom. The molecular formula is C24H29Cl2N3O4. The molecule has 0 atom stereocenters. The van der Waals surface area contributed by atoms with Crippen LogP contribution in [-0.2, 0) is 14.3 Å². The lowest BCUT2D eigenvalue weighted by molar-refractivity contribution is -0.147. The molecule has 1 heterocycles. The number of esters is 1. The third-order valence-corrected chi connectivity index (χ3v) is 5.91. The average Bonchev–Trinajstić information content (AvgIpc) is 2.82. The first-order chi connectivity index (χ1) is 15.9. The third-order valence-electron chi connectivity index (χ3n) is 5.38. The molecule has 1 N–H and O–H groups in total. The Kier molecular flexibility index (Phi) is 9.66. The van der Waals surface area contributed by atoms with Crippen molar-refractivity contribution in [2.75, 3.05) is 56.2 Å². The van der Waals surface area contributed by atoms with E-state index < -0.39 is 5.97 Å². The van der Waals surface area contributed by atoms with Crippen LogP contribution in [0.15, 0.2) is 42.5 Å². The molecule has 9 heteroatoms. The summed E-state index contributed by atoms with van der Waals surface area (Å²) in [5.41, 5.74) is 1.80. The molecule has 33 heavy (non-hydrogen) atoms. The van der Waals surface area contributed by atoms with Gasteiger partial charge in [-0.3, -0.25) is 9.59 Å². The van der Waals surface area contributed by atoms with Gasteiger partial charge in [0.15, 0.2) is 6.61 Å². The number of hydrogen-bond acceptors (Lipinski definition) is 6. The number of anilines is 2. The van der Waals surface area contributed by atoms with Gasteiger partial charge >= 0.3 is 5.97 Å². The van der Waals surface area contributed by atoms with Crippen molar-refractivity contribution < 1.29 is 19.1 Å². The molecule has 0 saturated carbocycles. The minimum atomic E-state index is -0.461. The van der Waals surface area contributed by atoms with Crippen molar-refractivity contribution in [1.29, 1.82) is 0 Å². The minimum Gasteiger partial charge on any atom is -0.492 e. The summed E-state index contributed by atoms with van der Waals surface area (Å²) in [4.78, 5) is 28.7. The topological polar surface area (TPSA) is 71.1 Å². The second kappa shape index (κ2) is 12.7. The Hall–Kier alpha value is -2.48. The highest BCUT2D eigenvalue weighted by Crippen LogP contribution is 2.27. The fraction of sp³-hybridized carbons (Fsp3) is 0.417. The number of nitrogens with one attached hydrogen (secondary N) is 1. The highest BCUT2D eigenvalue weighted by molar-refractivity contribution is 6.35. The summed E-state index contributed by atoms with van der Waals surface area (Å²) < 4.78 is 10.6. The monoisotopic (exact) mass is 493 g/mol. The second-order valence-electron chi connectivity index (χ2n) is 7.70. The van der Waals surface area contributed by atoms with Gasteiger partial charge in [0, 0.05) is 49.0 Å². The van der Waals surface area contributed by atoms with Crippen LogP contribution in [0, 0.1) is 0 Å². The number of rotatable bonds is 10. The number of halogens is 2. The number of nitrogens with zero attached hydrogens (tertiary/aromatic N) is 2. The van der Waals surface area contributed by atoms with E-state index >= 15 is 0 Å². The van der Waals surface area contributed by atoms with Gasteiger partial charge in [0.05, 0.1) is 11.6 Å². The zero-order valence-electron chi connectivity index (χ0n) is 18.7. The molecule has 1 saturated heterocycles. The van der Waals surface area contributed by atoms with Crippen LogP contribution >= 0.6 is 23.2 Å². The van der Waals surface area contributed by atoms with E-state index in [9.17, 15) is 9.59 Å². The fourth-order valence-electron chi connectivity index (χ4n) is 3.48. The number of ether oxygens (including phenoxy) is 2. The molecule has 0 spiro atoms. The van der Waals surface area contributed by atoms with Crippen molar-refractivity contribution in [3.63, 3.8) is 0 Å². The number of likely N-dealkylation sites (N-methyl/N-ethyl adjacent to an activating group) is 1. The highest BCUT2D eigenvalue weighted by atomic mass is 35.5. The molecule has 0 bridgehead atoms. The largest absolute Gasteiger partial charge is 0.492 e. The first kappa shape index (κ1) is 25.1. The quantitative estimate of drug-likeness (QED) is 0.388. The Bertz CT molecular complexity index is 932. The number of carbonyl (C=O) groups excluding carboxylic acids is 2. The Morgan fingerprint density at radius 2 is 1.76 bits per heavy atom. The number of hydrogen-bond donors (Lipinski definition) is 1. The van der Waals surface area contributed by atoms with Gasteiger partial charge in [-0.2, -0.15) is 0 Å². The lowest BCUT2D eigenvalue weighted by Crippen LogP contribution is -2.46. The lowest BCUT2D eigenvalue weighted by atomic mass is 10.2. The molecule has 0 aromatic heterocycles. The van der Waals surface area contributed by atoms with E-state index in [0.717, 1.165) is 38.4 Å². The van der Waals surface area contributed by atoms with Crippen LogP contribution in [-0.4, -0.2) is 62.7 Å². The van der Waals surface area contributed by atoms with Crippen LogP contribution in [0.25, 0.3) is 0 Å². The van der Waals surface area contributed by atoms with Crippen molar-refractivity contribution >= 4 is 46.5 Å². The maximum absolute atomic E-state index is 12.1. The molecule has 2 aromatic rings. The van der Waals surface area contributed by atoms with Crippen molar-refractivity contribution in [1.82, 2.24) is 4.90 Å². The smallest absolute Gasteiger partial charge is 0.306 e. The first-order valence-electron chi connectivity index (χ1n) is 11.1. The summed E-state index contributed by atoms with van der Waals surface area (Å²) in [7, 11) is 0. The molecule has 1 fully saturated rings. The summed E-state index contributed by atoms with van der Waals surface area (Å²) in [6.45, 7) is 7.32. The molecule has 0 unspecified atom stereocenters. The lowest BCUT2D eigenvalue weighted by Gasteiger charge is -2.35. The van der Waals surface area contributed by atoms with Crippen molar-refractivity contribution in [2.45, 2.75) is 19.8 Å². The van der Waals surface area contributed by atoms with Gasteiger partial charge in [0.2, 0.25) is 0 Å². The summed E-state index contributed by atoms with van der Waals surface area (Å²) in [6, 6.07) is 12.7. The third kappa shape index (κ3) is 8.11. The van der Waals surface area contributed by atoms with Crippen LogP contribution < -0.4 is 15.0 Å². The minimum absolute atomic E-state index is 0.137. The van der Waals surface area contributed by atoms with Gasteiger partial charge < -0.3 is 24.6 Å². The molecule has 1 amide bonds. The van der Waals surface area contributed by atoms with Crippen molar-refractivity contribution in [2.24, 2.45) is 0 Å². The second-order valence-corrected chi connectivity index (χ2v) is 8.55. The molecule has 0 aliphatic carbocycles. The van der Waals surface area contributed by atoms with Crippen LogP contribution in [0.5, 0.6) is 5.75 Å². The molecule has 7 nitrogen and oxygen atoms in total. The fourth-order valence-corrected chi connectivity index (χ4v) is 3.95. The molecule has 3 rings (SSSR count). The van der Waals surface area contributed by atoms with E-state index in [1.165, 1.54) is 0 Å². The molecule has 178 valence electrons. The van der Waals surface area contributed by atoms with E-state index in [-0.39, 0.29) is 18.9 Å². The molecule has 1 aliphatic heterocycles. The Balaban J connectivity index is 1.32. The number of amides is 1. The number of piperazine rings is 1. The summed E-state index contributed by atoms with van der Waals surface area (Å²) in [5, 5.41) is 3.68. The zero-order chi connectivity index (χ0) is 23.6. The van der Waals surface area contributed by atoms with Crippen molar-refractivity contribution in [3.8, 4) is 5.75 Å². The average molecular weight is 494 g/mol. The van der Waals surface area contributed by atoms with Crippen LogP contribution in [0.2, 0.25) is 10.0 Å². The Morgan fingerprint density at radius 3 is 2.42 bits per heavy atom. The molecule has 2 aromatic carbocycles. The number of benzene rings is 2. The first-order valence-corrected chi connectivity index (χ1v) is 11.8. The van der Waals surface area contributed by atoms with E-state index in [1.807, 2.05) is 24.3 Å². The van der Waals surface area contributed by atoms with Gasteiger partial charge in [-0.1, -0.05) is 30.1 Å². The SMILES string of the molecule is CCN1CCN(c2ccc(NC(=O)COC(=O)CCCOc3ccc(Cl)cc3Cl)cc2)CC1. The van der Waals surface area contributed by atoms with E-state index in [4.69, 9.17) is 32.7 Å². The highest BCUT2D eigenvalue weighted by Gasteiger charge is 2.16. The normalized spacial score (nSPS) is 14.1. The maximum atomic E-state index is 12.1. The molecule has 1 aliphatic rings. The van der Waals surface area contributed by atoms with Gasteiger partial charge in [-0.05, 0) is 55.4 Å². The van der Waals surface area contributed by atoms with Crippen LogP contribution in [0.4, 0.5) is 11.4 Å². The predicted octanol–water partition coefficient (Wildman–Crippen LogP) is 4.48. The standard InChI is InChI=1S/C24H29Cl2N3O4/c1-2-28-11-13-29(14-12-28)20-8-6-19(7-9-20)27-23(30)17-33-24(31)4-3-15-32-22-10-5-18(25)16-21(22)26/h5-10,16H,2-4,11-15,17H2,1H3,(H,27,30). The van der Waals surface area contributed by atoms with Gasteiger partial charge in [-0.15, -0.1) is 0 Å². The molecule has 0 radical (unpaired) electrons. The van der Waals surface area contributed by atoms with Gasteiger partial charge in [0.25, 0.3) is 5.91 Å². The van der Waals surface area contributed by atoms with E-state index in [1.54, 1.807) is 18.2 Å². The van der Waals surface area contributed by atoms with E-state index in [0.29, 0.717) is 34.5 Å². The zero-order valence-corrected chi connectivity index (χ0v) is 20.2. The predicted molar refractivity (Wildman–Crippen MR) is 132 cm³/mol. The van der Waals surface area contributed by atoms with Gasteiger partial charge in [0.1, 0.15) is 5.75 Å². The number of carbonyl (C=O) groups is 2. The summed E-state index contributed by atoms with van der Waals surface area (Å²) in [5.74, 6) is -0.336. The van der Waals surface area contributed by atoms with Crippen molar-refractivity contribution in [3.05, 3.63) is 52.5 Å². The molecular weight excluding hydrogens is 465 g/mol. The van der Waals surface area contributed by atoms with E-state index in [2.05, 4.69) is 22.0 Å². The van der Waals surface area contributed by atoms with Crippen LogP contribution in [0.3, 0.4) is 0 Å². The van der Waals surface area contributed by atoms with Gasteiger partial charge in [-0.25, -0.2) is 0 Å². The maximum Gasteiger partial charge on any atom is 0.306 e. The summed E-state index contributed by atoms with van der Waals surface area (Å²) in [6.07, 6.45) is 0.575. The Labute approximate surface area is 204 Å². The summed E-state index contributed by atoms with van der Waals surface area (Å²) >= 11 is 11.9.